The smallest absolute Gasteiger partial charge is 0.0645 e. The molecule has 19 heavy (non-hydrogen) atoms. The molecule has 2 aromatic heterocycles. The summed E-state index contributed by atoms with van der Waals surface area (Å²) >= 11 is 0. The summed E-state index contributed by atoms with van der Waals surface area (Å²) in [6, 6.07) is 19.1. The van der Waals surface area contributed by atoms with Gasteiger partial charge in [-0.15, -0.1) is 0 Å². The molecule has 0 aliphatic carbocycles. The fourth-order valence-electron chi connectivity index (χ4n) is 2.48. The Morgan fingerprint density at radius 1 is 0.789 bits per heavy atom. The third-order valence-electron chi connectivity index (χ3n) is 3.48. The molecule has 2 nitrogen and oxygen atoms in total. The summed E-state index contributed by atoms with van der Waals surface area (Å²) in [5, 5.41) is 3.72. The summed E-state index contributed by atoms with van der Waals surface area (Å²) in [5.41, 5.74) is 3.41. The lowest BCUT2D eigenvalue weighted by Crippen LogP contribution is -1.78. The molecule has 0 bridgehead atoms. The van der Waals surface area contributed by atoms with Crippen LogP contribution in [0, 0.1) is 0 Å². The van der Waals surface area contributed by atoms with Crippen molar-refractivity contribution in [2.45, 2.75) is 0 Å². The summed E-state index contributed by atoms with van der Waals surface area (Å²) in [4.78, 5) is 7.55. The van der Waals surface area contributed by atoms with E-state index in [9.17, 15) is 0 Å². The summed E-state index contributed by atoms with van der Waals surface area (Å²) in [6.45, 7) is 0. The van der Waals surface area contributed by atoms with Gasteiger partial charge in [0.2, 0.25) is 0 Å². The van der Waals surface area contributed by atoms with E-state index in [4.69, 9.17) is 0 Å². The monoisotopic (exact) mass is 244 g/mol. The Bertz CT molecular complexity index is 841. The average molecular weight is 244 g/mol. The van der Waals surface area contributed by atoms with Crippen molar-refractivity contribution in [1.82, 2.24) is 9.97 Å². The van der Waals surface area contributed by atoms with Crippen molar-refractivity contribution in [2.75, 3.05) is 0 Å². The standard InChI is InChI=1S/C17H12N2/c1-2-4-13-9-14(6-5-12(13)3-1)16-10-15-7-8-18-11-17(15)19-16/h1-11,19H. The van der Waals surface area contributed by atoms with E-state index in [1.807, 2.05) is 18.5 Å². The molecule has 2 heteroatoms. The Morgan fingerprint density at radius 2 is 1.68 bits per heavy atom. The molecule has 0 atom stereocenters. The van der Waals surface area contributed by atoms with Crippen LogP contribution in [0.25, 0.3) is 32.9 Å². The van der Waals surface area contributed by atoms with Crippen molar-refractivity contribution in [3.05, 3.63) is 67.0 Å². The van der Waals surface area contributed by atoms with E-state index in [1.165, 1.54) is 21.7 Å². The van der Waals surface area contributed by atoms with Gasteiger partial charge in [-0.25, -0.2) is 0 Å². The van der Waals surface area contributed by atoms with Crippen molar-refractivity contribution in [3.63, 3.8) is 0 Å². The molecule has 4 aromatic rings. The minimum atomic E-state index is 1.07. The lowest BCUT2D eigenvalue weighted by Gasteiger charge is -2.01. The van der Waals surface area contributed by atoms with Crippen LogP contribution in [0.1, 0.15) is 0 Å². The topological polar surface area (TPSA) is 28.7 Å². The number of nitrogens with zero attached hydrogens (tertiary/aromatic N) is 1. The second-order valence-corrected chi connectivity index (χ2v) is 4.71. The first-order valence-corrected chi connectivity index (χ1v) is 6.32. The maximum absolute atomic E-state index is 4.14. The highest BCUT2D eigenvalue weighted by Crippen LogP contribution is 2.26. The van der Waals surface area contributed by atoms with Crippen LogP contribution in [0.2, 0.25) is 0 Å². The molecule has 0 saturated carbocycles. The molecule has 0 aliphatic heterocycles. The van der Waals surface area contributed by atoms with E-state index >= 15 is 0 Å². The Morgan fingerprint density at radius 3 is 2.58 bits per heavy atom. The molecule has 1 N–H and O–H groups in total. The molecule has 2 heterocycles. The predicted molar refractivity (Wildman–Crippen MR) is 79.0 cm³/mol. The number of benzene rings is 2. The van der Waals surface area contributed by atoms with Crippen LogP contribution in [0.15, 0.2) is 67.0 Å². The minimum absolute atomic E-state index is 1.07. The molecule has 0 aliphatic rings. The number of rotatable bonds is 1. The molecule has 90 valence electrons. The molecular formula is C17H12N2. The van der Waals surface area contributed by atoms with Gasteiger partial charge in [-0.05, 0) is 34.5 Å². The molecular weight excluding hydrogens is 232 g/mol. The highest BCUT2D eigenvalue weighted by molar-refractivity contribution is 5.90. The van der Waals surface area contributed by atoms with Crippen LogP contribution in [-0.4, -0.2) is 9.97 Å². The van der Waals surface area contributed by atoms with Gasteiger partial charge in [-0.2, -0.15) is 0 Å². The largest absolute Gasteiger partial charge is 0.353 e. The van der Waals surface area contributed by atoms with Gasteiger partial charge in [0.25, 0.3) is 0 Å². The molecule has 4 rings (SSSR count). The van der Waals surface area contributed by atoms with Crippen LogP contribution in [0.3, 0.4) is 0 Å². The first-order chi connectivity index (χ1) is 9.40. The van der Waals surface area contributed by atoms with E-state index in [2.05, 4.69) is 58.5 Å². The van der Waals surface area contributed by atoms with Gasteiger partial charge in [0, 0.05) is 17.3 Å². The number of hydrogen-bond donors (Lipinski definition) is 1. The van der Waals surface area contributed by atoms with Crippen LogP contribution < -0.4 is 0 Å². The molecule has 0 amide bonds. The highest BCUT2D eigenvalue weighted by atomic mass is 14.7. The highest BCUT2D eigenvalue weighted by Gasteiger charge is 2.03. The molecule has 0 saturated heterocycles. The van der Waals surface area contributed by atoms with Gasteiger partial charge >= 0.3 is 0 Å². The SMILES string of the molecule is c1ccc2cc(-c3cc4ccncc4[nH]3)ccc2c1. The van der Waals surface area contributed by atoms with Crippen molar-refractivity contribution in [2.24, 2.45) is 0 Å². The first-order valence-electron chi connectivity index (χ1n) is 6.32. The number of pyridine rings is 1. The number of aromatic amines is 1. The lowest BCUT2D eigenvalue weighted by atomic mass is 10.1. The Kier molecular flexibility index (Phi) is 2.15. The van der Waals surface area contributed by atoms with Crippen molar-refractivity contribution >= 4 is 21.7 Å². The van der Waals surface area contributed by atoms with Gasteiger partial charge in [0.15, 0.2) is 0 Å². The zero-order chi connectivity index (χ0) is 12.7. The van der Waals surface area contributed by atoms with Crippen LogP contribution in [0.5, 0.6) is 0 Å². The third-order valence-corrected chi connectivity index (χ3v) is 3.48. The van der Waals surface area contributed by atoms with Gasteiger partial charge in [0.05, 0.1) is 11.7 Å². The summed E-state index contributed by atoms with van der Waals surface area (Å²) < 4.78 is 0. The number of nitrogens with one attached hydrogen (secondary N) is 1. The summed E-state index contributed by atoms with van der Waals surface area (Å²) in [7, 11) is 0. The van der Waals surface area contributed by atoms with E-state index in [-0.39, 0.29) is 0 Å². The van der Waals surface area contributed by atoms with E-state index in [0.29, 0.717) is 0 Å². The maximum Gasteiger partial charge on any atom is 0.0645 e. The average Bonchev–Trinajstić information content (AvgIpc) is 2.90. The predicted octanol–water partition coefficient (Wildman–Crippen LogP) is 4.38. The van der Waals surface area contributed by atoms with E-state index in [1.54, 1.807) is 0 Å². The fourth-order valence-corrected chi connectivity index (χ4v) is 2.48. The van der Waals surface area contributed by atoms with Gasteiger partial charge in [-0.3, -0.25) is 4.98 Å². The Hall–Kier alpha value is -2.61. The number of hydrogen-bond acceptors (Lipinski definition) is 1. The second kappa shape index (κ2) is 3.95. The van der Waals surface area contributed by atoms with Crippen molar-refractivity contribution in [1.29, 1.82) is 0 Å². The Balaban J connectivity index is 1.93. The number of fused-ring (bicyclic) bond motifs is 2. The normalized spacial score (nSPS) is 11.2. The molecule has 0 fully saturated rings. The van der Waals surface area contributed by atoms with Crippen LogP contribution in [0.4, 0.5) is 0 Å². The number of H-pyrrole nitrogens is 1. The molecule has 0 spiro atoms. The van der Waals surface area contributed by atoms with Crippen LogP contribution >= 0.6 is 0 Å². The summed E-state index contributed by atoms with van der Waals surface area (Å²) in [5.74, 6) is 0. The maximum atomic E-state index is 4.14. The van der Waals surface area contributed by atoms with Crippen LogP contribution in [-0.2, 0) is 0 Å². The molecule has 2 aromatic carbocycles. The van der Waals surface area contributed by atoms with Gasteiger partial charge in [-0.1, -0.05) is 36.4 Å². The number of aromatic nitrogens is 2. The second-order valence-electron chi connectivity index (χ2n) is 4.71. The minimum Gasteiger partial charge on any atom is -0.353 e. The zero-order valence-corrected chi connectivity index (χ0v) is 10.3. The molecule has 0 radical (unpaired) electrons. The van der Waals surface area contributed by atoms with Gasteiger partial charge in [0.1, 0.15) is 0 Å². The van der Waals surface area contributed by atoms with E-state index in [0.717, 1.165) is 11.2 Å². The third kappa shape index (κ3) is 1.69. The zero-order valence-electron chi connectivity index (χ0n) is 10.3. The van der Waals surface area contributed by atoms with Crippen molar-refractivity contribution in [3.8, 4) is 11.3 Å². The quantitative estimate of drug-likeness (QED) is 0.528. The fraction of sp³-hybridized carbons (Fsp3) is 0. The van der Waals surface area contributed by atoms with E-state index < -0.39 is 0 Å². The summed E-state index contributed by atoms with van der Waals surface area (Å²) in [6.07, 6.45) is 3.68. The lowest BCUT2D eigenvalue weighted by molar-refractivity contribution is 1.34. The van der Waals surface area contributed by atoms with Gasteiger partial charge < -0.3 is 4.98 Å². The Labute approximate surface area is 110 Å². The first kappa shape index (κ1) is 10.3. The van der Waals surface area contributed by atoms with Crippen molar-refractivity contribution < 1.29 is 0 Å². The molecule has 0 unspecified atom stereocenters.